The van der Waals surface area contributed by atoms with Crippen LogP contribution in [0.1, 0.15) is 29.2 Å². The Bertz CT molecular complexity index is 1420. The van der Waals surface area contributed by atoms with Gasteiger partial charge in [-0.3, -0.25) is 4.72 Å². The number of rotatable bonds is 6. The van der Waals surface area contributed by atoms with Gasteiger partial charge in [0.25, 0.3) is 10.0 Å². The highest BCUT2D eigenvalue weighted by Gasteiger charge is 2.38. The van der Waals surface area contributed by atoms with Crippen LogP contribution >= 0.6 is 0 Å². The van der Waals surface area contributed by atoms with E-state index in [4.69, 9.17) is 0 Å². The molecule has 1 N–H and O–H groups in total. The van der Waals surface area contributed by atoms with E-state index >= 15 is 0 Å². The van der Waals surface area contributed by atoms with Crippen LogP contribution < -0.4 is 4.72 Å². The lowest BCUT2D eigenvalue weighted by Crippen LogP contribution is -2.28. The number of nitrogens with one attached hydrogen (secondary N) is 1. The van der Waals surface area contributed by atoms with Gasteiger partial charge in [-0.2, -0.15) is 17.9 Å². The molecule has 7 nitrogen and oxygen atoms in total. The van der Waals surface area contributed by atoms with Gasteiger partial charge in [-0.25, -0.2) is 12.8 Å². The molecule has 1 aliphatic heterocycles. The molecule has 0 saturated heterocycles. The largest absolute Gasteiger partial charge is 0.284 e. The standard InChI is InChI=1S/C23H22FN3O4S2/c1-16-7-13-19(14-8-16)33(30,31)27-23(20-5-3-4-6-21(20)24)15-22(25-27)17-9-11-18(12-10-17)26-32(2,28)29/h3-14,23,26H,15H2,1-2H3. The molecule has 0 bridgehead atoms. The maximum absolute atomic E-state index is 14.7. The minimum Gasteiger partial charge on any atom is -0.284 e. The van der Waals surface area contributed by atoms with Crippen molar-refractivity contribution in [2.45, 2.75) is 24.3 Å². The van der Waals surface area contributed by atoms with Crippen LogP contribution in [0.5, 0.6) is 0 Å². The fraction of sp³-hybridized carbons (Fsp3) is 0.174. The summed E-state index contributed by atoms with van der Waals surface area (Å²) >= 11 is 0. The zero-order chi connectivity index (χ0) is 23.8. The Labute approximate surface area is 192 Å². The molecule has 0 saturated carbocycles. The summed E-state index contributed by atoms with van der Waals surface area (Å²) in [5.41, 5.74) is 2.56. The highest BCUT2D eigenvalue weighted by molar-refractivity contribution is 7.92. The van der Waals surface area contributed by atoms with Crippen molar-refractivity contribution in [3.05, 3.63) is 95.3 Å². The Morgan fingerprint density at radius 3 is 2.18 bits per heavy atom. The van der Waals surface area contributed by atoms with E-state index < -0.39 is 31.9 Å². The summed E-state index contributed by atoms with van der Waals surface area (Å²) in [5, 5.41) is 4.39. The Balaban J connectivity index is 1.75. The quantitative estimate of drug-likeness (QED) is 0.568. The summed E-state index contributed by atoms with van der Waals surface area (Å²) in [6, 6.07) is 18.0. The molecule has 1 heterocycles. The molecule has 0 amide bonds. The highest BCUT2D eigenvalue weighted by atomic mass is 32.2. The van der Waals surface area contributed by atoms with Crippen LogP contribution in [0.4, 0.5) is 10.1 Å². The number of halogens is 1. The summed E-state index contributed by atoms with van der Waals surface area (Å²) in [6.45, 7) is 1.85. The third-order valence-corrected chi connectivity index (χ3v) is 7.53. The monoisotopic (exact) mass is 487 g/mol. The van der Waals surface area contributed by atoms with E-state index in [0.29, 0.717) is 17.0 Å². The maximum atomic E-state index is 14.7. The first-order chi connectivity index (χ1) is 15.5. The molecule has 1 aliphatic rings. The molecule has 4 rings (SSSR count). The molecule has 0 aromatic heterocycles. The first-order valence-electron chi connectivity index (χ1n) is 10.1. The van der Waals surface area contributed by atoms with E-state index in [1.165, 1.54) is 18.2 Å². The van der Waals surface area contributed by atoms with E-state index in [9.17, 15) is 21.2 Å². The molecule has 33 heavy (non-hydrogen) atoms. The van der Waals surface area contributed by atoms with Gasteiger partial charge < -0.3 is 0 Å². The van der Waals surface area contributed by atoms with Crippen LogP contribution in [0.2, 0.25) is 0 Å². The van der Waals surface area contributed by atoms with E-state index in [1.54, 1.807) is 54.6 Å². The normalized spacial score (nSPS) is 16.5. The summed E-state index contributed by atoms with van der Waals surface area (Å²) in [7, 11) is -7.49. The molecule has 1 atom stereocenters. The molecule has 172 valence electrons. The van der Waals surface area contributed by atoms with Crippen LogP contribution in [-0.4, -0.2) is 33.2 Å². The molecule has 0 spiro atoms. The van der Waals surface area contributed by atoms with Crippen LogP contribution in [0.3, 0.4) is 0 Å². The fourth-order valence-corrected chi connectivity index (χ4v) is 5.61. The van der Waals surface area contributed by atoms with Crippen molar-refractivity contribution in [1.82, 2.24) is 4.41 Å². The second-order valence-corrected chi connectivity index (χ2v) is 11.4. The minimum atomic E-state index is -4.06. The predicted molar refractivity (Wildman–Crippen MR) is 125 cm³/mol. The molecule has 3 aromatic rings. The van der Waals surface area contributed by atoms with E-state index in [0.717, 1.165) is 16.2 Å². The Morgan fingerprint density at radius 1 is 0.939 bits per heavy atom. The van der Waals surface area contributed by atoms with Gasteiger partial charge in [-0.1, -0.05) is 48.0 Å². The Morgan fingerprint density at radius 2 is 1.58 bits per heavy atom. The number of hydrazone groups is 1. The summed E-state index contributed by atoms with van der Waals surface area (Å²) in [6.07, 6.45) is 1.21. The number of aryl methyl sites for hydroxylation is 1. The van der Waals surface area contributed by atoms with Crippen molar-refractivity contribution in [3.63, 3.8) is 0 Å². The Hall–Kier alpha value is -3.24. The number of anilines is 1. The highest BCUT2D eigenvalue weighted by Crippen LogP contribution is 2.38. The summed E-state index contributed by atoms with van der Waals surface area (Å²) in [5.74, 6) is -0.518. The SMILES string of the molecule is Cc1ccc(S(=O)(=O)N2N=C(c3ccc(NS(C)(=O)=O)cc3)CC2c2ccccc2F)cc1. The molecule has 0 radical (unpaired) electrons. The van der Waals surface area contributed by atoms with Gasteiger partial charge in [0, 0.05) is 17.7 Å². The van der Waals surface area contributed by atoms with Gasteiger partial charge >= 0.3 is 0 Å². The molecule has 10 heteroatoms. The first kappa shape index (κ1) is 22.9. The molecular weight excluding hydrogens is 465 g/mol. The number of benzene rings is 3. The van der Waals surface area contributed by atoms with Crippen molar-refractivity contribution in [2.24, 2.45) is 5.10 Å². The van der Waals surface area contributed by atoms with Crippen molar-refractivity contribution in [3.8, 4) is 0 Å². The van der Waals surface area contributed by atoms with Crippen LogP contribution in [-0.2, 0) is 20.0 Å². The third kappa shape index (κ3) is 4.91. The number of hydrogen-bond donors (Lipinski definition) is 1. The number of nitrogens with zero attached hydrogens (tertiary/aromatic N) is 2. The second-order valence-electron chi connectivity index (χ2n) is 7.83. The van der Waals surface area contributed by atoms with Crippen molar-refractivity contribution >= 4 is 31.4 Å². The third-order valence-electron chi connectivity index (χ3n) is 5.22. The average Bonchev–Trinajstić information content (AvgIpc) is 3.20. The molecule has 0 fully saturated rings. The van der Waals surface area contributed by atoms with Crippen LogP contribution in [0.15, 0.2) is 82.8 Å². The smallest absolute Gasteiger partial charge is 0.279 e. The zero-order valence-electron chi connectivity index (χ0n) is 17.9. The lowest BCUT2D eigenvalue weighted by Gasteiger charge is -2.23. The Kier molecular flexibility index (Phi) is 5.98. The number of hydrogen-bond acceptors (Lipinski definition) is 5. The van der Waals surface area contributed by atoms with Crippen LogP contribution in [0.25, 0.3) is 0 Å². The van der Waals surface area contributed by atoms with Gasteiger partial charge in [0.2, 0.25) is 10.0 Å². The van der Waals surface area contributed by atoms with Crippen molar-refractivity contribution in [1.29, 1.82) is 0 Å². The predicted octanol–water partition coefficient (Wildman–Crippen LogP) is 4.05. The molecular formula is C23H22FN3O4S2. The van der Waals surface area contributed by atoms with E-state index in [2.05, 4.69) is 9.82 Å². The lowest BCUT2D eigenvalue weighted by atomic mass is 9.99. The van der Waals surface area contributed by atoms with Gasteiger partial charge in [0.15, 0.2) is 0 Å². The lowest BCUT2D eigenvalue weighted by molar-refractivity contribution is 0.362. The first-order valence-corrected chi connectivity index (χ1v) is 13.4. The summed E-state index contributed by atoms with van der Waals surface area (Å²) < 4.78 is 67.8. The molecule has 0 aliphatic carbocycles. The van der Waals surface area contributed by atoms with Gasteiger partial charge in [-0.05, 0) is 42.8 Å². The van der Waals surface area contributed by atoms with Crippen molar-refractivity contribution in [2.75, 3.05) is 11.0 Å². The maximum Gasteiger partial charge on any atom is 0.279 e. The van der Waals surface area contributed by atoms with Crippen molar-refractivity contribution < 1.29 is 21.2 Å². The van der Waals surface area contributed by atoms with Gasteiger partial charge in [0.05, 0.1) is 22.9 Å². The fourth-order valence-electron chi connectivity index (χ4n) is 3.62. The molecule has 1 unspecified atom stereocenters. The topological polar surface area (TPSA) is 95.9 Å². The van der Waals surface area contributed by atoms with Gasteiger partial charge in [-0.15, -0.1) is 0 Å². The zero-order valence-corrected chi connectivity index (χ0v) is 19.6. The number of sulfonamides is 2. The minimum absolute atomic E-state index is 0.0622. The molecule has 3 aromatic carbocycles. The average molecular weight is 488 g/mol. The van der Waals surface area contributed by atoms with E-state index in [-0.39, 0.29) is 16.9 Å². The van der Waals surface area contributed by atoms with E-state index in [1.807, 2.05) is 6.92 Å². The summed E-state index contributed by atoms with van der Waals surface area (Å²) in [4.78, 5) is 0.0622. The second kappa shape index (κ2) is 8.60. The van der Waals surface area contributed by atoms with Crippen LogP contribution in [0, 0.1) is 12.7 Å². The van der Waals surface area contributed by atoms with Gasteiger partial charge in [0.1, 0.15) is 5.82 Å².